The van der Waals surface area contributed by atoms with E-state index in [1.165, 1.54) is 0 Å². The summed E-state index contributed by atoms with van der Waals surface area (Å²) in [6.45, 7) is 0.632. The van der Waals surface area contributed by atoms with Crippen molar-refractivity contribution in [2.24, 2.45) is 5.73 Å². The predicted molar refractivity (Wildman–Crippen MR) is 23.1 cm³/mol. The number of rotatable bonds is 1. The highest BCUT2D eigenvalue weighted by molar-refractivity contribution is 4.71. The van der Waals surface area contributed by atoms with E-state index in [4.69, 9.17) is 15.3 Å². The first-order valence-electron chi connectivity index (χ1n) is 1.90. The maximum Gasteiger partial charge on any atom is 0.325 e. The summed E-state index contributed by atoms with van der Waals surface area (Å²) >= 11 is 0. The fraction of sp³-hybridized carbons (Fsp3) is 1.00. The first-order valence-corrected chi connectivity index (χ1v) is 1.90. The van der Waals surface area contributed by atoms with Crippen molar-refractivity contribution < 1.29 is 19.7 Å². The van der Waals surface area contributed by atoms with Crippen LogP contribution in [-0.2, 0) is 0 Å². The molecule has 0 aliphatic heterocycles. The molecule has 5 N–H and O–H groups in total. The molecule has 0 saturated heterocycles. The zero-order valence-corrected chi connectivity index (χ0v) is 4.30. The number of aliphatic hydroxyl groups is 3. The fourth-order valence-corrected chi connectivity index (χ4v) is 0. The van der Waals surface area contributed by atoms with Gasteiger partial charge in [0.25, 0.3) is 0 Å². The van der Waals surface area contributed by atoms with Crippen LogP contribution >= 0.6 is 0 Å². The predicted octanol–water partition coefficient (Wildman–Crippen LogP) is -1.74. The Morgan fingerprint density at radius 3 is 1.50 bits per heavy atom. The lowest BCUT2D eigenvalue weighted by Gasteiger charge is -2.24. The molecule has 0 rings (SSSR count). The topological polar surface area (TPSA) is 86.7 Å². The molecule has 50 valence electrons. The molecule has 4 nitrogen and oxygen atoms in total. The van der Waals surface area contributed by atoms with Crippen LogP contribution in [0.1, 0.15) is 6.92 Å². The standard InChI is InChI=1S/C3H8FNO3/c1-2(4,5)3(6,7)8/h6-8H,5H2,1H3. The van der Waals surface area contributed by atoms with Crippen LogP contribution in [0.2, 0.25) is 0 Å². The third-order valence-corrected chi connectivity index (χ3v) is 0.656. The van der Waals surface area contributed by atoms with Gasteiger partial charge in [0.2, 0.25) is 5.79 Å². The third kappa shape index (κ3) is 1.71. The Bertz CT molecular complexity index is 69.5. The van der Waals surface area contributed by atoms with Crippen molar-refractivity contribution in [2.45, 2.75) is 18.7 Å². The largest absolute Gasteiger partial charge is 0.340 e. The minimum absolute atomic E-state index is 0.632. The molecule has 0 aliphatic carbocycles. The van der Waals surface area contributed by atoms with Gasteiger partial charge in [-0.2, -0.15) is 0 Å². The molecule has 5 heteroatoms. The van der Waals surface area contributed by atoms with E-state index in [2.05, 4.69) is 5.73 Å². The normalized spacial score (nSPS) is 20.2. The summed E-state index contributed by atoms with van der Waals surface area (Å²) in [7, 11) is 0. The molecule has 0 heterocycles. The van der Waals surface area contributed by atoms with Crippen molar-refractivity contribution in [3.8, 4) is 0 Å². The molecule has 0 aromatic heterocycles. The highest BCUT2D eigenvalue weighted by Gasteiger charge is 2.41. The summed E-state index contributed by atoms with van der Waals surface area (Å²) < 4.78 is 11.9. The molecule has 0 aromatic rings. The number of hydrogen-bond acceptors (Lipinski definition) is 4. The number of alkyl halides is 1. The lowest BCUT2D eigenvalue weighted by atomic mass is 10.3. The fourth-order valence-electron chi connectivity index (χ4n) is 0. The second-order valence-corrected chi connectivity index (χ2v) is 1.71. The zero-order valence-electron chi connectivity index (χ0n) is 4.30. The summed E-state index contributed by atoms with van der Waals surface area (Å²) in [6.07, 6.45) is 0. The Hall–Kier alpha value is -0.230. The van der Waals surface area contributed by atoms with Crippen molar-refractivity contribution in [3.05, 3.63) is 0 Å². The Kier molecular flexibility index (Phi) is 1.58. The minimum Gasteiger partial charge on any atom is -0.340 e. The monoisotopic (exact) mass is 125 g/mol. The van der Waals surface area contributed by atoms with Crippen molar-refractivity contribution in [1.82, 2.24) is 0 Å². The molecule has 1 unspecified atom stereocenters. The molecule has 0 radical (unpaired) electrons. The summed E-state index contributed by atoms with van der Waals surface area (Å²) in [5.74, 6) is -6.35. The molecule has 8 heavy (non-hydrogen) atoms. The molecule has 0 amide bonds. The van der Waals surface area contributed by atoms with Crippen LogP contribution in [0.15, 0.2) is 0 Å². The first kappa shape index (κ1) is 7.77. The van der Waals surface area contributed by atoms with Crippen molar-refractivity contribution >= 4 is 0 Å². The van der Waals surface area contributed by atoms with Gasteiger partial charge in [-0.25, -0.2) is 4.39 Å². The van der Waals surface area contributed by atoms with Gasteiger partial charge < -0.3 is 15.3 Å². The van der Waals surface area contributed by atoms with Crippen LogP contribution in [0.25, 0.3) is 0 Å². The average Bonchev–Trinajstić information content (AvgIpc) is 1.25. The average molecular weight is 125 g/mol. The Morgan fingerprint density at radius 1 is 1.38 bits per heavy atom. The van der Waals surface area contributed by atoms with Crippen LogP contribution in [0.3, 0.4) is 0 Å². The first-order chi connectivity index (χ1) is 3.25. The Morgan fingerprint density at radius 2 is 1.50 bits per heavy atom. The summed E-state index contributed by atoms with van der Waals surface area (Å²) in [6, 6.07) is 0. The number of hydrogen-bond donors (Lipinski definition) is 4. The second kappa shape index (κ2) is 1.63. The van der Waals surface area contributed by atoms with Crippen molar-refractivity contribution in [1.29, 1.82) is 0 Å². The molecule has 0 aromatic carbocycles. The van der Waals surface area contributed by atoms with Gasteiger partial charge in [-0.05, 0) is 6.92 Å². The van der Waals surface area contributed by atoms with E-state index in [0.29, 0.717) is 6.92 Å². The van der Waals surface area contributed by atoms with Crippen LogP contribution in [-0.4, -0.2) is 27.1 Å². The Labute approximate surface area is 45.4 Å². The van der Waals surface area contributed by atoms with E-state index in [0.717, 1.165) is 0 Å². The zero-order chi connectivity index (χ0) is 7.00. The van der Waals surface area contributed by atoms with Gasteiger partial charge in [0.1, 0.15) is 0 Å². The highest BCUT2D eigenvalue weighted by Crippen LogP contribution is 2.13. The number of nitrogens with two attached hydrogens (primary N) is 1. The van der Waals surface area contributed by atoms with Crippen LogP contribution in [0.4, 0.5) is 4.39 Å². The van der Waals surface area contributed by atoms with E-state index in [1.54, 1.807) is 0 Å². The molecule has 1 atom stereocenters. The van der Waals surface area contributed by atoms with Gasteiger partial charge in [-0.1, -0.05) is 0 Å². The molecule has 0 bridgehead atoms. The second-order valence-electron chi connectivity index (χ2n) is 1.71. The van der Waals surface area contributed by atoms with Crippen LogP contribution in [0, 0.1) is 0 Å². The summed E-state index contributed by atoms with van der Waals surface area (Å²) in [5, 5.41) is 23.9. The Balaban J connectivity index is 4.02. The minimum atomic E-state index is -3.45. The van der Waals surface area contributed by atoms with Crippen LogP contribution < -0.4 is 5.73 Å². The maximum atomic E-state index is 11.9. The molecule has 0 fully saturated rings. The third-order valence-electron chi connectivity index (χ3n) is 0.656. The SMILES string of the molecule is CC(N)(F)C(O)(O)O. The summed E-state index contributed by atoms with van der Waals surface area (Å²) in [5.41, 5.74) is 4.40. The quantitative estimate of drug-likeness (QED) is 0.247. The lowest BCUT2D eigenvalue weighted by molar-refractivity contribution is -0.369. The van der Waals surface area contributed by atoms with Crippen molar-refractivity contribution in [2.75, 3.05) is 0 Å². The number of halogens is 1. The van der Waals surface area contributed by atoms with E-state index >= 15 is 0 Å². The van der Waals surface area contributed by atoms with Gasteiger partial charge in [-0.3, -0.25) is 5.73 Å². The van der Waals surface area contributed by atoms with Gasteiger partial charge in [-0.15, -0.1) is 0 Å². The molecular formula is C3H8FNO3. The van der Waals surface area contributed by atoms with Gasteiger partial charge >= 0.3 is 5.97 Å². The van der Waals surface area contributed by atoms with Gasteiger partial charge in [0.05, 0.1) is 0 Å². The van der Waals surface area contributed by atoms with E-state index < -0.39 is 11.8 Å². The molecule has 0 aliphatic rings. The van der Waals surface area contributed by atoms with Gasteiger partial charge in [0.15, 0.2) is 0 Å². The molecular weight excluding hydrogens is 117 g/mol. The summed E-state index contributed by atoms with van der Waals surface area (Å²) in [4.78, 5) is 0. The smallest absolute Gasteiger partial charge is 0.325 e. The van der Waals surface area contributed by atoms with Crippen LogP contribution in [0.5, 0.6) is 0 Å². The lowest BCUT2D eigenvalue weighted by Crippen LogP contribution is -2.55. The van der Waals surface area contributed by atoms with Crippen molar-refractivity contribution in [3.63, 3.8) is 0 Å². The van der Waals surface area contributed by atoms with E-state index in [1.807, 2.05) is 0 Å². The van der Waals surface area contributed by atoms with E-state index in [-0.39, 0.29) is 0 Å². The van der Waals surface area contributed by atoms with Gasteiger partial charge in [0, 0.05) is 0 Å². The molecule has 0 saturated carbocycles. The molecule has 0 spiro atoms. The van der Waals surface area contributed by atoms with E-state index in [9.17, 15) is 4.39 Å². The maximum absolute atomic E-state index is 11.9. The highest BCUT2D eigenvalue weighted by atomic mass is 19.1.